The highest BCUT2D eigenvalue weighted by Gasteiger charge is 2.22. The highest BCUT2D eigenvalue weighted by atomic mass is 19.1. The standard InChI is InChI=1S/C27H31F/c1-2-3-4-5-20-6-8-21(9-7-20)22-10-12-23(13-11-22)24-14-15-26-19-27(28)17-16-25(26)18-24/h10-21H,2-9H2,1H3. The van der Waals surface area contributed by atoms with E-state index in [0.717, 1.165) is 22.6 Å². The Kier molecular flexibility index (Phi) is 6.10. The van der Waals surface area contributed by atoms with Crippen LogP contribution in [0, 0.1) is 11.7 Å². The lowest BCUT2D eigenvalue weighted by Gasteiger charge is -2.29. The van der Waals surface area contributed by atoms with E-state index < -0.39 is 0 Å². The van der Waals surface area contributed by atoms with E-state index in [1.54, 1.807) is 6.07 Å². The van der Waals surface area contributed by atoms with Crippen molar-refractivity contribution < 1.29 is 4.39 Å². The van der Waals surface area contributed by atoms with Crippen molar-refractivity contribution >= 4 is 10.8 Å². The number of unbranched alkanes of at least 4 members (excludes halogenated alkanes) is 2. The normalized spacial score (nSPS) is 19.8. The molecule has 0 unspecified atom stereocenters. The van der Waals surface area contributed by atoms with Gasteiger partial charge in [0.15, 0.2) is 0 Å². The summed E-state index contributed by atoms with van der Waals surface area (Å²) in [6.45, 7) is 2.29. The van der Waals surface area contributed by atoms with Crippen molar-refractivity contribution in [2.75, 3.05) is 0 Å². The lowest BCUT2D eigenvalue weighted by molar-refractivity contribution is 0.303. The molecule has 0 N–H and O–H groups in total. The molecule has 0 bridgehead atoms. The first-order chi connectivity index (χ1) is 13.7. The lowest BCUT2D eigenvalue weighted by atomic mass is 9.77. The number of hydrogen-bond acceptors (Lipinski definition) is 0. The maximum atomic E-state index is 13.4. The molecule has 0 atom stereocenters. The van der Waals surface area contributed by atoms with Gasteiger partial charge in [-0.15, -0.1) is 0 Å². The molecule has 28 heavy (non-hydrogen) atoms. The second-order valence-electron chi connectivity index (χ2n) is 8.54. The van der Waals surface area contributed by atoms with Crippen LogP contribution >= 0.6 is 0 Å². The van der Waals surface area contributed by atoms with Gasteiger partial charge in [-0.05, 0) is 83.2 Å². The van der Waals surface area contributed by atoms with Gasteiger partial charge in [0.25, 0.3) is 0 Å². The van der Waals surface area contributed by atoms with Crippen LogP contribution in [-0.4, -0.2) is 0 Å². The molecule has 1 aliphatic rings. The first-order valence-corrected chi connectivity index (χ1v) is 11.0. The van der Waals surface area contributed by atoms with Crippen LogP contribution in [0.1, 0.15) is 69.8 Å². The number of benzene rings is 3. The molecule has 1 saturated carbocycles. The van der Waals surface area contributed by atoms with Crippen LogP contribution in [0.15, 0.2) is 60.7 Å². The van der Waals surface area contributed by atoms with Crippen molar-refractivity contribution in [3.63, 3.8) is 0 Å². The van der Waals surface area contributed by atoms with Crippen molar-refractivity contribution in [1.29, 1.82) is 0 Å². The van der Waals surface area contributed by atoms with Gasteiger partial charge < -0.3 is 0 Å². The van der Waals surface area contributed by atoms with Crippen molar-refractivity contribution in [1.82, 2.24) is 0 Å². The van der Waals surface area contributed by atoms with Crippen LogP contribution < -0.4 is 0 Å². The molecule has 1 heteroatoms. The van der Waals surface area contributed by atoms with E-state index in [9.17, 15) is 4.39 Å². The van der Waals surface area contributed by atoms with Gasteiger partial charge in [-0.1, -0.05) is 75.1 Å². The van der Waals surface area contributed by atoms with E-state index in [1.807, 2.05) is 12.1 Å². The summed E-state index contributed by atoms with van der Waals surface area (Å²) in [5.41, 5.74) is 3.94. The first kappa shape index (κ1) is 19.2. The Morgan fingerprint density at radius 1 is 0.750 bits per heavy atom. The quantitative estimate of drug-likeness (QED) is 0.379. The zero-order chi connectivity index (χ0) is 19.3. The average Bonchev–Trinajstić information content (AvgIpc) is 2.74. The Bertz CT molecular complexity index is 901. The Morgan fingerprint density at radius 2 is 1.43 bits per heavy atom. The number of halogens is 1. The highest BCUT2D eigenvalue weighted by molar-refractivity contribution is 5.87. The van der Waals surface area contributed by atoms with E-state index in [1.165, 1.54) is 74.1 Å². The molecule has 3 aromatic rings. The summed E-state index contributed by atoms with van der Waals surface area (Å²) in [5.74, 6) is 1.52. The van der Waals surface area contributed by atoms with E-state index in [2.05, 4.69) is 43.3 Å². The topological polar surface area (TPSA) is 0 Å². The van der Waals surface area contributed by atoms with Crippen LogP contribution in [-0.2, 0) is 0 Å². The molecule has 1 aliphatic carbocycles. The van der Waals surface area contributed by atoms with Crippen LogP contribution in [0.25, 0.3) is 21.9 Å². The molecule has 0 amide bonds. The zero-order valence-corrected chi connectivity index (χ0v) is 17.0. The van der Waals surface area contributed by atoms with Gasteiger partial charge >= 0.3 is 0 Å². The first-order valence-electron chi connectivity index (χ1n) is 11.0. The van der Waals surface area contributed by atoms with Gasteiger partial charge in [0.2, 0.25) is 0 Å². The van der Waals surface area contributed by atoms with E-state index in [-0.39, 0.29) is 5.82 Å². The third kappa shape index (κ3) is 4.46. The summed E-state index contributed by atoms with van der Waals surface area (Å²) in [5, 5.41) is 2.04. The fourth-order valence-corrected chi connectivity index (χ4v) is 4.81. The number of fused-ring (bicyclic) bond motifs is 1. The molecule has 146 valence electrons. The van der Waals surface area contributed by atoms with E-state index >= 15 is 0 Å². The maximum absolute atomic E-state index is 13.4. The predicted octanol–water partition coefficient (Wildman–Crippen LogP) is 8.50. The largest absolute Gasteiger partial charge is 0.207 e. The maximum Gasteiger partial charge on any atom is 0.123 e. The summed E-state index contributed by atoms with van der Waals surface area (Å²) >= 11 is 0. The molecular formula is C27H31F. The summed E-state index contributed by atoms with van der Waals surface area (Å²) in [7, 11) is 0. The molecule has 0 saturated heterocycles. The molecule has 0 aliphatic heterocycles. The minimum atomic E-state index is -0.176. The Morgan fingerprint density at radius 3 is 2.18 bits per heavy atom. The fourth-order valence-electron chi connectivity index (χ4n) is 4.81. The smallest absolute Gasteiger partial charge is 0.123 e. The monoisotopic (exact) mass is 374 g/mol. The molecule has 0 nitrogen and oxygen atoms in total. The van der Waals surface area contributed by atoms with Crippen molar-refractivity contribution in [3.8, 4) is 11.1 Å². The molecule has 0 spiro atoms. The summed E-state index contributed by atoms with van der Waals surface area (Å²) < 4.78 is 13.4. The van der Waals surface area contributed by atoms with Crippen LogP contribution in [0.4, 0.5) is 4.39 Å². The van der Waals surface area contributed by atoms with Crippen LogP contribution in [0.2, 0.25) is 0 Å². The van der Waals surface area contributed by atoms with Crippen molar-refractivity contribution in [3.05, 3.63) is 72.0 Å². The summed E-state index contributed by atoms with van der Waals surface area (Å²) in [4.78, 5) is 0. The Hall–Kier alpha value is -2.15. The summed E-state index contributed by atoms with van der Waals surface area (Å²) in [6.07, 6.45) is 11.1. The zero-order valence-electron chi connectivity index (χ0n) is 17.0. The minimum absolute atomic E-state index is 0.176. The lowest BCUT2D eigenvalue weighted by Crippen LogP contribution is -2.13. The van der Waals surface area contributed by atoms with Crippen molar-refractivity contribution in [2.45, 2.75) is 64.2 Å². The third-order valence-corrected chi connectivity index (χ3v) is 6.58. The minimum Gasteiger partial charge on any atom is -0.207 e. The molecule has 0 heterocycles. The SMILES string of the molecule is CCCCCC1CCC(c2ccc(-c3ccc4cc(F)ccc4c3)cc2)CC1. The van der Waals surface area contributed by atoms with E-state index in [4.69, 9.17) is 0 Å². The predicted molar refractivity (Wildman–Crippen MR) is 118 cm³/mol. The van der Waals surface area contributed by atoms with Gasteiger partial charge in [0.1, 0.15) is 5.82 Å². The Labute approximate surface area is 168 Å². The van der Waals surface area contributed by atoms with Crippen LogP contribution in [0.3, 0.4) is 0 Å². The second kappa shape index (κ2) is 8.90. The fraction of sp³-hybridized carbons (Fsp3) is 0.407. The van der Waals surface area contributed by atoms with Gasteiger partial charge in [0.05, 0.1) is 0 Å². The average molecular weight is 375 g/mol. The number of rotatable bonds is 6. The van der Waals surface area contributed by atoms with Gasteiger partial charge in [-0.2, -0.15) is 0 Å². The van der Waals surface area contributed by atoms with Gasteiger partial charge in [-0.25, -0.2) is 4.39 Å². The molecule has 1 fully saturated rings. The second-order valence-corrected chi connectivity index (χ2v) is 8.54. The van der Waals surface area contributed by atoms with Crippen LogP contribution in [0.5, 0.6) is 0 Å². The highest BCUT2D eigenvalue weighted by Crippen LogP contribution is 2.38. The molecule has 0 aromatic heterocycles. The van der Waals surface area contributed by atoms with E-state index in [0.29, 0.717) is 0 Å². The summed E-state index contributed by atoms with van der Waals surface area (Å²) in [6, 6.07) is 20.4. The molecule has 0 radical (unpaired) electrons. The van der Waals surface area contributed by atoms with Gasteiger partial charge in [0, 0.05) is 0 Å². The Balaban J connectivity index is 1.41. The van der Waals surface area contributed by atoms with Gasteiger partial charge in [-0.3, -0.25) is 0 Å². The molecule has 4 rings (SSSR count). The van der Waals surface area contributed by atoms with Crippen molar-refractivity contribution in [2.24, 2.45) is 5.92 Å². The molecular weight excluding hydrogens is 343 g/mol. The number of hydrogen-bond donors (Lipinski definition) is 0. The molecule has 3 aromatic carbocycles. The third-order valence-electron chi connectivity index (χ3n) is 6.58.